The van der Waals surface area contributed by atoms with E-state index in [1.807, 2.05) is 97.1 Å². The van der Waals surface area contributed by atoms with Crippen LogP contribution in [0, 0.1) is 0 Å². The maximum Gasteiger partial charge on any atom is 0.337 e. The van der Waals surface area contributed by atoms with Crippen LogP contribution in [-0.4, -0.2) is 13.1 Å². The van der Waals surface area contributed by atoms with E-state index in [4.69, 9.17) is 4.74 Å². The van der Waals surface area contributed by atoms with Crippen LogP contribution in [0.2, 0.25) is 0 Å². The minimum Gasteiger partial charge on any atom is -0.465 e. The third-order valence-electron chi connectivity index (χ3n) is 4.36. The van der Waals surface area contributed by atoms with Gasteiger partial charge in [-0.1, -0.05) is 97.6 Å². The number of allylic oxidation sites excluding steroid dienone is 2. The molecule has 0 saturated heterocycles. The number of benzene rings is 3. The van der Waals surface area contributed by atoms with Crippen molar-refractivity contribution in [1.29, 1.82) is 0 Å². The molecule has 0 fully saturated rings. The summed E-state index contributed by atoms with van der Waals surface area (Å²) in [6, 6.07) is 29.8. The van der Waals surface area contributed by atoms with Crippen LogP contribution in [0.25, 0.3) is 11.1 Å². The minimum atomic E-state index is -0.401. The fourth-order valence-electron chi connectivity index (χ4n) is 2.92. The fourth-order valence-corrected chi connectivity index (χ4v) is 2.92. The Morgan fingerprint density at radius 3 is 1.57 bits per heavy atom. The van der Waals surface area contributed by atoms with Gasteiger partial charge in [-0.05, 0) is 40.0 Å². The van der Waals surface area contributed by atoms with Crippen LogP contribution in [0.5, 0.6) is 0 Å². The third-order valence-corrected chi connectivity index (χ3v) is 4.36. The van der Waals surface area contributed by atoms with Gasteiger partial charge < -0.3 is 4.74 Å². The molecule has 3 rings (SSSR count). The quantitative estimate of drug-likeness (QED) is 0.307. The lowest BCUT2D eigenvalue weighted by molar-refractivity contribution is -0.135. The Balaban J connectivity index is 2.11. The van der Waals surface area contributed by atoms with E-state index >= 15 is 0 Å². The summed E-state index contributed by atoms with van der Waals surface area (Å²) in [5, 5.41) is 0. The molecule has 0 saturated carbocycles. The predicted molar refractivity (Wildman–Crippen MR) is 116 cm³/mol. The molecule has 3 aromatic rings. The maximum absolute atomic E-state index is 12.5. The van der Waals surface area contributed by atoms with Gasteiger partial charge in [-0.15, -0.1) is 0 Å². The van der Waals surface area contributed by atoms with Crippen LogP contribution in [0.3, 0.4) is 0 Å². The summed E-state index contributed by atoms with van der Waals surface area (Å²) >= 11 is 0. The minimum absolute atomic E-state index is 0.401. The van der Waals surface area contributed by atoms with Gasteiger partial charge in [0.2, 0.25) is 0 Å². The van der Waals surface area contributed by atoms with Crippen LogP contribution < -0.4 is 0 Å². The zero-order chi connectivity index (χ0) is 19.8. The van der Waals surface area contributed by atoms with Gasteiger partial charge in [0, 0.05) is 0 Å². The SMILES string of the molecule is C=C(/C=C(/C=C(c1ccccc1)c1ccccc1)C(=O)OC)c1ccccc1. The molecule has 0 N–H and O–H groups in total. The molecule has 0 aliphatic heterocycles. The first-order valence-corrected chi connectivity index (χ1v) is 9.06. The number of hydrogen-bond donors (Lipinski definition) is 0. The van der Waals surface area contributed by atoms with Crippen molar-refractivity contribution in [1.82, 2.24) is 0 Å². The fraction of sp³-hybridized carbons (Fsp3) is 0.0385. The van der Waals surface area contributed by atoms with E-state index in [1.165, 1.54) is 7.11 Å². The van der Waals surface area contributed by atoms with E-state index < -0.39 is 5.97 Å². The lowest BCUT2D eigenvalue weighted by Gasteiger charge is -2.11. The summed E-state index contributed by atoms with van der Waals surface area (Å²) in [6.07, 6.45) is 3.64. The third kappa shape index (κ3) is 4.74. The molecule has 0 radical (unpaired) electrons. The number of rotatable bonds is 6. The van der Waals surface area contributed by atoms with Crippen molar-refractivity contribution < 1.29 is 9.53 Å². The summed E-state index contributed by atoms with van der Waals surface area (Å²) in [7, 11) is 1.39. The zero-order valence-electron chi connectivity index (χ0n) is 15.8. The second kappa shape index (κ2) is 9.33. The lowest BCUT2D eigenvalue weighted by Crippen LogP contribution is -2.04. The van der Waals surface area contributed by atoms with Crippen LogP contribution >= 0.6 is 0 Å². The first-order chi connectivity index (χ1) is 13.7. The van der Waals surface area contributed by atoms with E-state index in [0.29, 0.717) is 5.57 Å². The number of carbonyl (C=O) groups excluding carboxylic acids is 1. The number of esters is 1. The first kappa shape index (κ1) is 19.1. The van der Waals surface area contributed by atoms with Crippen molar-refractivity contribution in [2.75, 3.05) is 7.11 Å². The highest BCUT2D eigenvalue weighted by atomic mass is 16.5. The predicted octanol–water partition coefficient (Wildman–Crippen LogP) is 5.93. The molecule has 0 atom stereocenters. The summed E-state index contributed by atoms with van der Waals surface area (Å²) in [6.45, 7) is 4.12. The highest BCUT2D eigenvalue weighted by Gasteiger charge is 2.12. The largest absolute Gasteiger partial charge is 0.465 e. The van der Waals surface area contributed by atoms with Gasteiger partial charge in [0.15, 0.2) is 0 Å². The van der Waals surface area contributed by atoms with Gasteiger partial charge in [0.05, 0.1) is 12.7 Å². The molecular formula is C26H22O2. The number of hydrogen-bond acceptors (Lipinski definition) is 2. The normalized spacial score (nSPS) is 10.8. The molecule has 0 aliphatic rings. The number of methoxy groups -OCH3 is 1. The van der Waals surface area contributed by atoms with Crippen molar-refractivity contribution in [2.45, 2.75) is 0 Å². The Kier molecular flexibility index (Phi) is 6.37. The molecule has 3 aromatic carbocycles. The summed E-state index contributed by atoms with van der Waals surface area (Å²) in [4.78, 5) is 12.5. The molecule has 0 spiro atoms. The summed E-state index contributed by atoms with van der Waals surface area (Å²) in [5.41, 5.74) is 5.14. The molecule has 2 heteroatoms. The van der Waals surface area contributed by atoms with Gasteiger partial charge >= 0.3 is 5.97 Å². The molecule has 0 heterocycles. The van der Waals surface area contributed by atoms with Crippen LogP contribution in [0.1, 0.15) is 16.7 Å². The molecular weight excluding hydrogens is 344 g/mol. The van der Waals surface area contributed by atoms with E-state index in [0.717, 1.165) is 27.8 Å². The summed E-state index contributed by atoms with van der Waals surface area (Å²) in [5.74, 6) is -0.401. The van der Waals surface area contributed by atoms with Crippen molar-refractivity contribution in [3.63, 3.8) is 0 Å². The molecule has 0 amide bonds. The Bertz CT molecular complexity index is 957. The van der Waals surface area contributed by atoms with E-state index in [1.54, 1.807) is 6.08 Å². The van der Waals surface area contributed by atoms with Crippen LogP contribution in [-0.2, 0) is 9.53 Å². The van der Waals surface area contributed by atoms with Crippen LogP contribution in [0.4, 0.5) is 0 Å². The maximum atomic E-state index is 12.5. The van der Waals surface area contributed by atoms with Crippen LogP contribution in [0.15, 0.2) is 115 Å². The highest BCUT2D eigenvalue weighted by molar-refractivity contribution is 5.98. The van der Waals surface area contributed by atoms with E-state index in [-0.39, 0.29) is 0 Å². The number of ether oxygens (including phenoxy) is 1. The molecule has 0 unspecified atom stereocenters. The standard InChI is InChI=1S/C26H22O2/c1-20(21-12-6-3-7-13-21)18-24(26(27)28-2)19-25(22-14-8-4-9-15-22)23-16-10-5-11-17-23/h3-19H,1H2,2H3/b24-18-. The monoisotopic (exact) mass is 366 g/mol. The van der Waals surface area contributed by atoms with Crippen molar-refractivity contribution >= 4 is 17.1 Å². The molecule has 0 bridgehead atoms. The topological polar surface area (TPSA) is 26.3 Å². The molecule has 0 aromatic heterocycles. The summed E-state index contributed by atoms with van der Waals surface area (Å²) < 4.78 is 5.03. The highest BCUT2D eigenvalue weighted by Crippen LogP contribution is 2.26. The Hall–Kier alpha value is -3.65. The smallest absolute Gasteiger partial charge is 0.337 e. The van der Waals surface area contributed by atoms with Crippen molar-refractivity contribution in [3.8, 4) is 0 Å². The van der Waals surface area contributed by atoms with Crippen molar-refractivity contribution in [3.05, 3.63) is 132 Å². The van der Waals surface area contributed by atoms with Gasteiger partial charge in [-0.25, -0.2) is 4.79 Å². The number of carbonyl (C=O) groups is 1. The second-order valence-electron chi connectivity index (χ2n) is 6.27. The lowest BCUT2D eigenvalue weighted by atomic mass is 9.94. The second-order valence-corrected chi connectivity index (χ2v) is 6.27. The first-order valence-electron chi connectivity index (χ1n) is 9.06. The molecule has 0 aliphatic carbocycles. The van der Waals surface area contributed by atoms with Gasteiger partial charge in [0.1, 0.15) is 0 Å². The molecule has 138 valence electrons. The van der Waals surface area contributed by atoms with Gasteiger partial charge in [-0.3, -0.25) is 0 Å². The molecule has 2 nitrogen and oxygen atoms in total. The molecule has 28 heavy (non-hydrogen) atoms. The Morgan fingerprint density at radius 2 is 1.14 bits per heavy atom. The van der Waals surface area contributed by atoms with Gasteiger partial charge in [-0.2, -0.15) is 0 Å². The Labute approximate surface area is 166 Å². The average molecular weight is 366 g/mol. The van der Waals surface area contributed by atoms with Gasteiger partial charge in [0.25, 0.3) is 0 Å². The van der Waals surface area contributed by atoms with E-state index in [2.05, 4.69) is 6.58 Å². The Morgan fingerprint density at radius 1 is 0.714 bits per heavy atom. The van der Waals surface area contributed by atoms with E-state index in [9.17, 15) is 4.79 Å². The van der Waals surface area contributed by atoms with Crippen molar-refractivity contribution in [2.24, 2.45) is 0 Å². The average Bonchev–Trinajstić information content (AvgIpc) is 2.77. The zero-order valence-corrected chi connectivity index (χ0v) is 15.8.